The summed E-state index contributed by atoms with van der Waals surface area (Å²) < 4.78 is 27.6. The predicted octanol–water partition coefficient (Wildman–Crippen LogP) is 5.70. The quantitative estimate of drug-likeness (QED) is 0.335. The number of oxazole rings is 1. The van der Waals surface area contributed by atoms with Crippen molar-refractivity contribution in [2.24, 2.45) is 0 Å². The molecule has 0 atom stereocenters. The molecule has 1 fully saturated rings. The Kier molecular flexibility index (Phi) is 4.86. The molecule has 1 N–H and O–H groups in total. The van der Waals surface area contributed by atoms with E-state index in [-0.39, 0.29) is 32.8 Å². The Morgan fingerprint density at radius 2 is 2.15 bits per heavy atom. The van der Waals surface area contributed by atoms with Crippen molar-refractivity contribution in [1.82, 2.24) is 14.5 Å². The van der Waals surface area contributed by atoms with Gasteiger partial charge in [-0.05, 0) is 42.5 Å². The molecule has 1 aliphatic rings. The lowest BCUT2D eigenvalue weighted by molar-refractivity contribution is 0.414. The van der Waals surface area contributed by atoms with E-state index in [2.05, 4.69) is 4.98 Å². The number of hydrogen-bond donors (Lipinski definition) is 1. The van der Waals surface area contributed by atoms with Crippen LogP contribution in [0.25, 0.3) is 31.7 Å². The third-order valence-electron chi connectivity index (χ3n) is 6.05. The summed E-state index contributed by atoms with van der Waals surface area (Å²) >= 11 is 7.04. The molecule has 172 valence electrons. The average Bonchev–Trinajstić information content (AvgIpc) is 3.40. The Hall–Kier alpha value is -3.43. The number of phenols is 1. The van der Waals surface area contributed by atoms with E-state index < -0.39 is 11.4 Å². The number of methoxy groups -OCH3 is 1. The highest BCUT2D eigenvalue weighted by atomic mass is 35.5. The van der Waals surface area contributed by atoms with Crippen molar-refractivity contribution in [2.75, 3.05) is 7.11 Å². The van der Waals surface area contributed by atoms with Crippen LogP contribution in [-0.4, -0.2) is 26.8 Å². The van der Waals surface area contributed by atoms with E-state index in [4.69, 9.17) is 25.7 Å². The van der Waals surface area contributed by atoms with Crippen LogP contribution >= 0.6 is 22.9 Å². The molecular weight excluding hydrogens is 481 g/mol. The van der Waals surface area contributed by atoms with E-state index in [1.807, 2.05) is 18.2 Å². The van der Waals surface area contributed by atoms with Gasteiger partial charge in [-0.3, -0.25) is 9.36 Å². The van der Waals surface area contributed by atoms with Crippen LogP contribution in [0.5, 0.6) is 11.5 Å². The Morgan fingerprint density at radius 3 is 2.85 bits per heavy atom. The van der Waals surface area contributed by atoms with Crippen molar-refractivity contribution in [1.29, 1.82) is 0 Å². The number of nitrogens with zero attached hydrogens (tertiary/aromatic N) is 3. The molecule has 2 aromatic carbocycles. The van der Waals surface area contributed by atoms with Crippen LogP contribution in [0, 0.1) is 5.82 Å². The lowest BCUT2D eigenvalue weighted by atomic mass is 10.0. The number of rotatable bonds is 5. The second-order valence-corrected chi connectivity index (χ2v) is 9.61. The topological polar surface area (TPSA) is 90.4 Å². The van der Waals surface area contributed by atoms with E-state index in [1.54, 1.807) is 7.11 Å². The van der Waals surface area contributed by atoms with Crippen LogP contribution in [0.4, 0.5) is 4.39 Å². The fourth-order valence-corrected chi connectivity index (χ4v) is 5.55. The zero-order valence-electron chi connectivity index (χ0n) is 17.8. The van der Waals surface area contributed by atoms with Crippen LogP contribution in [0.2, 0.25) is 5.02 Å². The van der Waals surface area contributed by atoms with Gasteiger partial charge in [-0.1, -0.05) is 11.6 Å². The van der Waals surface area contributed by atoms with E-state index in [0.717, 1.165) is 47.1 Å². The van der Waals surface area contributed by atoms with Gasteiger partial charge in [0, 0.05) is 17.0 Å². The van der Waals surface area contributed by atoms with Gasteiger partial charge < -0.3 is 14.3 Å². The molecule has 34 heavy (non-hydrogen) atoms. The van der Waals surface area contributed by atoms with Gasteiger partial charge in [0.2, 0.25) is 0 Å². The minimum Gasteiger partial charge on any atom is -0.506 e. The number of thiophene rings is 1. The third-order valence-corrected chi connectivity index (χ3v) is 7.43. The van der Waals surface area contributed by atoms with Gasteiger partial charge >= 0.3 is 0 Å². The molecule has 0 radical (unpaired) electrons. The first-order valence-electron chi connectivity index (χ1n) is 10.6. The molecule has 0 aliphatic heterocycles. The molecule has 0 saturated heterocycles. The maximum atomic E-state index is 15.1. The van der Waals surface area contributed by atoms with E-state index in [9.17, 15) is 9.90 Å². The number of halogens is 2. The maximum Gasteiger partial charge on any atom is 0.263 e. The SMILES string of the molecule is COc1ccc(-c2nc3sc4c(O)cc(Cl)c(F)c4c3c(=O)n2Cc2cnco2)c(C2CC2)c1. The van der Waals surface area contributed by atoms with Gasteiger partial charge in [0.1, 0.15) is 27.9 Å². The zero-order chi connectivity index (χ0) is 23.6. The van der Waals surface area contributed by atoms with Gasteiger partial charge in [-0.25, -0.2) is 14.4 Å². The minimum absolute atomic E-state index is 0.0301. The molecule has 5 aromatic rings. The monoisotopic (exact) mass is 497 g/mol. The van der Waals surface area contributed by atoms with Gasteiger partial charge in [-0.15, -0.1) is 11.3 Å². The molecule has 7 nitrogen and oxygen atoms in total. The van der Waals surface area contributed by atoms with E-state index in [1.165, 1.54) is 17.2 Å². The summed E-state index contributed by atoms with van der Waals surface area (Å²) in [6.45, 7) is 0.0543. The summed E-state index contributed by atoms with van der Waals surface area (Å²) in [5, 5.41) is 10.2. The number of phenolic OH excluding ortho intramolecular Hbond substituents is 1. The van der Waals surface area contributed by atoms with Gasteiger partial charge in [0.25, 0.3) is 5.56 Å². The van der Waals surface area contributed by atoms with Crippen molar-refractivity contribution < 1.29 is 18.7 Å². The highest BCUT2D eigenvalue weighted by molar-refractivity contribution is 7.25. The molecule has 1 aliphatic carbocycles. The Bertz CT molecular complexity index is 1640. The predicted molar refractivity (Wildman–Crippen MR) is 128 cm³/mol. The minimum atomic E-state index is -0.762. The fourth-order valence-electron chi connectivity index (χ4n) is 4.27. The second-order valence-electron chi connectivity index (χ2n) is 8.20. The lowest BCUT2D eigenvalue weighted by Gasteiger charge is -2.15. The molecule has 3 aromatic heterocycles. The first kappa shape index (κ1) is 21.1. The third kappa shape index (κ3) is 3.26. The van der Waals surface area contributed by atoms with Gasteiger partial charge in [0.15, 0.2) is 12.2 Å². The molecule has 0 spiro atoms. The summed E-state index contributed by atoms with van der Waals surface area (Å²) in [6.07, 6.45) is 4.88. The Labute approximate surface area is 201 Å². The normalized spacial score (nSPS) is 13.7. The molecule has 0 amide bonds. The Balaban J connectivity index is 1.71. The van der Waals surface area contributed by atoms with Crippen molar-refractivity contribution in [3.05, 3.63) is 69.4 Å². The van der Waals surface area contributed by atoms with Gasteiger partial charge in [-0.2, -0.15) is 0 Å². The number of fused-ring (bicyclic) bond motifs is 3. The number of ether oxygens (including phenoxy) is 1. The first-order chi connectivity index (χ1) is 16.5. The molecule has 0 bridgehead atoms. The zero-order valence-corrected chi connectivity index (χ0v) is 19.4. The number of aromatic nitrogens is 3. The van der Waals surface area contributed by atoms with Crippen LogP contribution in [-0.2, 0) is 6.54 Å². The number of hydrogen-bond acceptors (Lipinski definition) is 7. The lowest BCUT2D eigenvalue weighted by Crippen LogP contribution is -2.24. The largest absolute Gasteiger partial charge is 0.506 e. The molecular formula is C24H17ClFN3O4S. The second kappa shape index (κ2) is 7.82. The van der Waals surface area contributed by atoms with E-state index >= 15 is 4.39 Å². The van der Waals surface area contributed by atoms with Crippen LogP contribution in [0.1, 0.15) is 30.1 Å². The van der Waals surface area contributed by atoms with Crippen LogP contribution in [0.3, 0.4) is 0 Å². The van der Waals surface area contributed by atoms with Crippen LogP contribution in [0.15, 0.2) is 46.1 Å². The molecule has 10 heteroatoms. The summed E-state index contributed by atoms with van der Waals surface area (Å²) in [6, 6.07) is 6.82. The van der Waals surface area contributed by atoms with E-state index in [0.29, 0.717) is 22.3 Å². The first-order valence-corrected chi connectivity index (χ1v) is 11.8. The van der Waals surface area contributed by atoms with Crippen molar-refractivity contribution in [2.45, 2.75) is 25.3 Å². The standard InChI is InChI=1S/C24H17ClFN3O4S/c1-32-12-4-5-14(15(6-12)11-2-3-11)22-28-23-19(24(31)29(22)9-13-8-27-10-33-13)18-20(26)16(25)7-17(30)21(18)34-23/h4-8,10-11,30H,2-3,9H2,1H3. The van der Waals surface area contributed by atoms with Gasteiger partial charge in [0.05, 0.1) is 35.0 Å². The molecule has 3 heterocycles. The van der Waals surface area contributed by atoms with Crippen molar-refractivity contribution >= 4 is 43.2 Å². The Morgan fingerprint density at radius 1 is 1.32 bits per heavy atom. The summed E-state index contributed by atoms with van der Waals surface area (Å²) in [5.74, 6) is 0.985. The number of aromatic hydroxyl groups is 1. The van der Waals surface area contributed by atoms with Crippen molar-refractivity contribution in [3.8, 4) is 22.9 Å². The number of benzene rings is 2. The smallest absolute Gasteiger partial charge is 0.263 e. The highest BCUT2D eigenvalue weighted by Crippen LogP contribution is 2.46. The average molecular weight is 498 g/mol. The highest BCUT2D eigenvalue weighted by Gasteiger charge is 2.30. The molecule has 6 rings (SSSR count). The molecule has 0 unspecified atom stereocenters. The fraction of sp³-hybridized carbons (Fsp3) is 0.208. The maximum absolute atomic E-state index is 15.1. The van der Waals surface area contributed by atoms with Crippen LogP contribution < -0.4 is 10.3 Å². The molecule has 1 saturated carbocycles. The summed E-state index contributed by atoms with van der Waals surface area (Å²) in [7, 11) is 1.61. The summed E-state index contributed by atoms with van der Waals surface area (Å²) in [5.41, 5.74) is 1.37. The summed E-state index contributed by atoms with van der Waals surface area (Å²) in [4.78, 5) is 22.9. The van der Waals surface area contributed by atoms with Crippen molar-refractivity contribution in [3.63, 3.8) is 0 Å².